The van der Waals surface area contributed by atoms with Gasteiger partial charge in [-0.15, -0.1) is 11.3 Å². The fourth-order valence-corrected chi connectivity index (χ4v) is 13.9. The predicted octanol–water partition coefficient (Wildman–Crippen LogP) is 20.3. The summed E-state index contributed by atoms with van der Waals surface area (Å²) in [5.41, 5.74) is 17.4. The van der Waals surface area contributed by atoms with Crippen molar-refractivity contribution in [2.75, 3.05) is 0 Å². The molecule has 0 radical (unpaired) electrons. The van der Waals surface area contributed by atoms with E-state index >= 15 is 0 Å². The van der Waals surface area contributed by atoms with E-state index < -0.39 is 0 Å². The zero-order valence-electron chi connectivity index (χ0n) is 44.0. The molecular weight excluding hydrogens is 1020 g/mol. The Labute approximate surface area is 474 Å². The number of nitrogens with zero attached hydrogens (tertiary/aromatic N) is 5. The van der Waals surface area contributed by atoms with E-state index in [0.29, 0.717) is 17.5 Å². The SMILES string of the molecule is c1ccc(-c2ccccc2-n2c3ccccc3c3cccc(-n4c5ccccc5c5cccc(-c6nc(-c7ccc8sc9ccccc9c8c7)nc(-c7cccc(-c8ccc9oc%10ccccc%10c9c8)c7-c7ccccc7)n6)c54)c32)cc1. The van der Waals surface area contributed by atoms with Gasteiger partial charge in [0.2, 0.25) is 0 Å². The summed E-state index contributed by atoms with van der Waals surface area (Å²) in [6.45, 7) is 0. The molecular formula is C75H45N5OS. The van der Waals surface area contributed by atoms with Crippen LogP contribution >= 0.6 is 11.3 Å². The third-order valence-electron chi connectivity index (χ3n) is 16.4. The third-order valence-corrected chi connectivity index (χ3v) is 17.6. The van der Waals surface area contributed by atoms with Crippen molar-refractivity contribution in [1.82, 2.24) is 24.1 Å². The fraction of sp³-hybridized carbons (Fsp3) is 0. The molecule has 382 valence electrons. The second kappa shape index (κ2) is 18.4. The molecule has 17 rings (SSSR count). The van der Waals surface area contributed by atoms with Crippen molar-refractivity contribution in [1.29, 1.82) is 0 Å². The highest BCUT2D eigenvalue weighted by atomic mass is 32.1. The van der Waals surface area contributed by atoms with Gasteiger partial charge in [0.25, 0.3) is 0 Å². The molecule has 0 N–H and O–H groups in total. The second-order valence-corrected chi connectivity index (χ2v) is 22.1. The van der Waals surface area contributed by atoms with E-state index in [2.05, 4.69) is 270 Å². The molecule has 17 aromatic rings. The van der Waals surface area contributed by atoms with E-state index in [1.54, 1.807) is 11.3 Å². The van der Waals surface area contributed by atoms with Crippen LogP contribution < -0.4 is 0 Å². The van der Waals surface area contributed by atoms with Gasteiger partial charge in [-0.05, 0) is 95.1 Å². The van der Waals surface area contributed by atoms with Gasteiger partial charge in [-0.1, -0.05) is 200 Å². The van der Waals surface area contributed by atoms with Crippen LogP contribution in [0.25, 0.3) is 165 Å². The smallest absolute Gasteiger partial charge is 0.166 e. The molecule has 0 saturated carbocycles. The highest BCUT2D eigenvalue weighted by Gasteiger charge is 2.26. The average Bonchev–Trinajstić information content (AvgIpc) is 4.49. The largest absolute Gasteiger partial charge is 0.456 e. The van der Waals surface area contributed by atoms with Gasteiger partial charge in [-0.25, -0.2) is 15.0 Å². The molecule has 0 aliphatic rings. The summed E-state index contributed by atoms with van der Waals surface area (Å²) in [5.74, 6) is 1.74. The number of aromatic nitrogens is 5. The van der Waals surface area contributed by atoms with Gasteiger partial charge >= 0.3 is 0 Å². The lowest BCUT2D eigenvalue weighted by Gasteiger charge is -2.18. The first-order valence-corrected chi connectivity index (χ1v) is 28.5. The number of hydrogen-bond donors (Lipinski definition) is 0. The van der Waals surface area contributed by atoms with Crippen LogP contribution in [-0.4, -0.2) is 24.1 Å². The molecule has 6 nitrogen and oxygen atoms in total. The average molecular weight is 1060 g/mol. The molecule has 0 fully saturated rings. The first kappa shape index (κ1) is 46.2. The predicted molar refractivity (Wildman–Crippen MR) is 341 cm³/mol. The number of rotatable bonds is 8. The molecule has 5 aromatic heterocycles. The summed E-state index contributed by atoms with van der Waals surface area (Å²) in [5, 5.41) is 9.12. The van der Waals surface area contributed by atoms with Crippen LogP contribution in [0.15, 0.2) is 277 Å². The topological polar surface area (TPSA) is 61.7 Å². The Kier molecular flexibility index (Phi) is 10.4. The zero-order chi connectivity index (χ0) is 53.8. The summed E-state index contributed by atoms with van der Waals surface area (Å²) >= 11 is 1.81. The van der Waals surface area contributed by atoms with Crippen LogP contribution in [0, 0.1) is 0 Å². The Hall–Kier alpha value is -10.7. The lowest BCUT2D eigenvalue weighted by atomic mass is 9.89. The summed E-state index contributed by atoms with van der Waals surface area (Å²) in [4.78, 5) is 16.9. The molecule has 82 heavy (non-hydrogen) atoms. The first-order chi connectivity index (χ1) is 40.7. The lowest BCUT2D eigenvalue weighted by Crippen LogP contribution is -2.04. The van der Waals surface area contributed by atoms with Crippen molar-refractivity contribution in [2.45, 2.75) is 0 Å². The van der Waals surface area contributed by atoms with Gasteiger partial charge in [0.15, 0.2) is 17.5 Å². The molecule has 0 spiro atoms. The van der Waals surface area contributed by atoms with Gasteiger partial charge in [-0.2, -0.15) is 0 Å². The van der Waals surface area contributed by atoms with E-state index in [-0.39, 0.29) is 0 Å². The van der Waals surface area contributed by atoms with Crippen LogP contribution in [0.5, 0.6) is 0 Å². The highest BCUT2D eigenvalue weighted by molar-refractivity contribution is 7.25. The highest BCUT2D eigenvalue weighted by Crippen LogP contribution is 2.46. The standard InChI is InChI=1S/C75H45N5OS/c1-3-20-46(21-4-1)50-24-7-12-34-62(50)79-63-35-13-9-26-53(63)57-31-19-37-65(72(57)79)80-64-36-14-8-25-52(64)56-30-18-33-59(71(56)80)75-77-73(49-41-43-69-61(45-49)55-28-11-16-39-68(55)82-69)76-74(78-75)58-32-17-29-51(70(58)47-22-5-2-6-23-47)48-40-42-67-60(44-48)54-27-10-15-38-66(54)81-67/h1-45H. The number of benzene rings is 12. The number of fused-ring (bicyclic) bond motifs is 12. The maximum Gasteiger partial charge on any atom is 0.166 e. The molecule has 5 heterocycles. The van der Waals surface area contributed by atoms with E-state index in [0.717, 1.165) is 122 Å². The molecule has 0 atom stereocenters. The van der Waals surface area contributed by atoms with Crippen molar-refractivity contribution in [3.63, 3.8) is 0 Å². The summed E-state index contributed by atoms with van der Waals surface area (Å²) in [6.07, 6.45) is 0. The Balaban J connectivity index is 0.958. The number of hydrogen-bond acceptors (Lipinski definition) is 5. The molecule has 0 amide bonds. The minimum atomic E-state index is 0.572. The molecule has 0 unspecified atom stereocenters. The quantitative estimate of drug-likeness (QED) is 0.152. The van der Waals surface area contributed by atoms with Crippen LogP contribution in [-0.2, 0) is 0 Å². The van der Waals surface area contributed by atoms with Crippen molar-refractivity contribution in [2.24, 2.45) is 0 Å². The maximum absolute atomic E-state index is 6.35. The monoisotopic (exact) mass is 1060 g/mol. The molecule has 0 aliphatic carbocycles. The summed E-state index contributed by atoms with van der Waals surface area (Å²) in [6, 6.07) is 97.6. The Bertz CT molecular complexity index is 5420. The van der Waals surface area contributed by atoms with Gasteiger partial charge in [0.1, 0.15) is 11.2 Å². The molecule has 7 heteroatoms. The molecule has 0 bridgehead atoms. The van der Waals surface area contributed by atoms with Crippen molar-refractivity contribution < 1.29 is 4.42 Å². The van der Waals surface area contributed by atoms with E-state index in [4.69, 9.17) is 19.4 Å². The van der Waals surface area contributed by atoms with Crippen LogP contribution in [0.3, 0.4) is 0 Å². The molecule has 0 saturated heterocycles. The van der Waals surface area contributed by atoms with E-state index in [1.165, 1.54) is 25.6 Å². The van der Waals surface area contributed by atoms with E-state index in [1.807, 2.05) is 12.1 Å². The number of thiophene rings is 1. The van der Waals surface area contributed by atoms with Crippen LogP contribution in [0.4, 0.5) is 0 Å². The minimum Gasteiger partial charge on any atom is -0.456 e. The Morgan fingerprint density at radius 3 is 1.60 bits per heavy atom. The molecule has 0 aliphatic heterocycles. The van der Waals surface area contributed by atoms with Gasteiger partial charge in [0, 0.05) is 80.3 Å². The lowest BCUT2D eigenvalue weighted by molar-refractivity contribution is 0.669. The van der Waals surface area contributed by atoms with Crippen LogP contribution in [0.2, 0.25) is 0 Å². The first-order valence-electron chi connectivity index (χ1n) is 27.7. The van der Waals surface area contributed by atoms with Gasteiger partial charge in [0.05, 0.1) is 33.4 Å². The number of furan rings is 1. The van der Waals surface area contributed by atoms with Crippen molar-refractivity contribution >= 4 is 97.1 Å². The zero-order valence-corrected chi connectivity index (χ0v) is 44.8. The fourth-order valence-electron chi connectivity index (χ4n) is 12.8. The Morgan fingerprint density at radius 2 is 0.793 bits per heavy atom. The normalized spacial score (nSPS) is 11.9. The summed E-state index contributed by atoms with van der Waals surface area (Å²) in [7, 11) is 0. The summed E-state index contributed by atoms with van der Waals surface area (Å²) < 4.78 is 13.7. The minimum absolute atomic E-state index is 0.572. The van der Waals surface area contributed by atoms with Gasteiger partial charge < -0.3 is 13.6 Å². The van der Waals surface area contributed by atoms with Gasteiger partial charge in [-0.3, -0.25) is 0 Å². The maximum atomic E-state index is 6.35. The Morgan fingerprint density at radius 1 is 0.280 bits per heavy atom. The second-order valence-electron chi connectivity index (χ2n) is 21.0. The van der Waals surface area contributed by atoms with E-state index in [9.17, 15) is 0 Å². The van der Waals surface area contributed by atoms with Crippen molar-refractivity contribution in [3.8, 4) is 78.9 Å². The van der Waals surface area contributed by atoms with Crippen LogP contribution in [0.1, 0.15) is 0 Å². The third kappa shape index (κ3) is 7.17. The number of para-hydroxylation sites is 6. The molecule has 12 aromatic carbocycles. The van der Waals surface area contributed by atoms with Crippen molar-refractivity contribution in [3.05, 3.63) is 273 Å².